The topological polar surface area (TPSA) is 66.8 Å². The molecule has 5 nitrogen and oxygen atoms in total. The molecule has 22 heavy (non-hydrogen) atoms. The lowest BCUT2D eigenvalue weighted by Gasteiger charge is -2.27. The average Bonchev–Trinajstić information content (AvgIpc) is 2.53. The maximum atomic E-state index is 11.9. The van der Waals surface area contributed by atoms with Crippen molar-refractivity contribution >= 4 is 29.6 Å². The van der Waals surface area contributed by atoms with Gasteiger partial charge in [-0.2, -0.15) is 0 Å². The molecule has 2 aromatic carbocycles. The first kappa shape index (κ1) is 13.9. The van der Waals surface area contributed by atoms with E-state index in [-0.39, 0.29) is 5.56 Å². The minimum atomic E-state index is -1.03. The number of cyclic esters (lactones) is 1. The molecule has 0 saturated heterocycles. The SMILES string of the molecule is CN1C(=O)O/C(=C\c2ccccc2)c2cc(C(=O)O)ccc21. The van der Waals surface area contributed by atoms with Crippen LogP contribution >= 0.6 is 0 Å². The summed E-state index contributed by atoms with van der Waals surface area (Å²) < 4.78 is 5.32. The number of carboxylic acid groups (broad SMARTS) is 1. The Bertz CT molecular complexity index is 781. The van der Waals surface area contributed by atoms with E-state index < -0.39 is 12.1 Å². The van der Waals surface area contributed by atoms with Crippen molar-refractivity contribution in [3.05, 3.63) is 65.2 Å². The number of nitrogens with zero attached hydrogens (tertiary/aromatic N) is 1. The number of hydrogen-bond acceptors (Lipinski definition) is 3. The lowest BCUT2D eigenvalue weighted by molar-refractivity contribution is 0.0697. The number of carbonyl (C=O) groups excluding carboxylic acids is 1. The van der Waals surface area contributed by atoms with Gasteiger partial charge in [0.1, 0.15) is 5.76 Å². The van der Waals surface area contributed by atoms with Gasteiger partial charge in [0.2, 0.25) is 0 Å². The molecule has 1 amide bonds. The highest BCUT2D eigenvalue weighted by atomic mass is 16.6. The predicted octanol–water partition coefficient (Wildman–Crippen LogP) is 3.47. The van der Waals surface area contributed by atoms with Crippen LogP contribution in [-0.4, -0.2) is 24.2 Å². The van der Waals surface area contributed by atoms with Crippen LogP contribution in [0.5, 0.6) is 0 Å². The number of fused-ring (bicyclic) bond motifs is 1. The normalized spacial score (nSPS) is 15.4. The third-order valence-electron chi connectivity index (χ3n) is 3.44. The molecule has 0 bridgehead atoms. The first-order valence-electron chi connectivity index (χ1n) is 6.66. The van der Waals surface area contributed by atoms with Gasteiger partial charge in [-0.15, -0.1) is 0 Å². The monoisotopic (exact) mass is 295 g/mol. The predicted molar refractivity (Wildman–Crippen MR) is 82.6 cm³/mol. The zero-order chi connectivity index (χ0) is 15.7. The molecular formula is C17H13NO4. The van der Waals surface area contributed by atoms with E-state index in [1.807, 2.05) is 30.3 Å². The highest BCUT2D eigenvalue weighted by Crippen LogP contribution is 2.35. The van der Waals surface area contributed by atoms with Crippen molar-refractivity contribution in [3.63, 3.8) is 0 Å². The van der Waals surface area contributed by atoms with Crippen LogP contribution in [0.3, 0.4) is 0 Å². The summed E-state index contributed by atoms with van der Waals surface area (Å²) in [6.45, 7) is 0. The van der Waals surface area contributed by atoms with E-state index >= 15 is 0 Å². The number of carbonyl (C=O) groups is 2. The summed E-state index contributed by atoms with van der Waals surface area (Å²) in [5.74, 6) is -0.686. The van der Waals surface area contributed by atoms with Gasteiger partial charge < -0.3 is 9.84 Å². The number of carboxylic acids is 1. The molecule has 0 saturated carbocycles. The van der Waals surface area contributed by atoms with Crippen molar-refractivity contribution in [2.45, 2.75) is 0 Å². The molecule has 0 unspecified atom stereocenters. The average molecular weight is 295 g/mol. The maximum Gasteiger partial charge on any atom is 0.419 e. The van der Waals surface area contributed by atoms with E-state index in [0.717, 1.165) is 5.56 Å². The fraction of sp³-hybridized carbons (Fsp3) is 0.0588. The zero-order valence-corrected chi connectivity index (χ0v) is 11.8. The molecule has 3 rings (SSSR count). The van der Waals surface area contributed by atoms with Crippen LogP contribution in [-0.2, 0) is 4.74 Å². The molecule has 0 atom stereocenters. The van der Waals surface area contributed by atoms with Crippen LogP contribution in [0.25, 0.3) is 11.8 Å². The lowest BCUT2D eigenvalue weighted by atomic mass is 10.0. The number of amides is 1. The smallest absolute Gasteiger partial charge is 0.419 e. The van der Waals surface area contributed by atoms with Gasteiger partial charge in [-0.25, -0.2) is 9.59 Å². The first-order chi connectivity index (χ1) is 10.6. The maximum absolute atomic E-state index is 11.9. The highest BCUT2D eigenvalue weighted by molar-refractivity contribution is 6.03. The molecule has 1 aliphatic heterocycles. The van der Waals surface area contributed by atoms with Crippen molar-refractivity contribution in [1.82, 2.24) is 0 Å². The molecule has 0 spiro atoms. The number of anilines is 1. The van der Waals surface area contributed by atoms with Gasteiger partial charge in [-0.05, 0) is 29.8 Å². The van der Waals surface area contributed by atoms with Gasteiger partial charge in [-0.1, -0.05) is 30.3 Å². The molecule has 1 aliphatic rings. The van der Waals surface area contributed by atoms with E-state index in [1.165, 1.54) is 17.0 Å². The van der Waals surface area contributed by atoms with E-state index in [4.69, 9.17) is 9.84 Å². The first-order valence-corrected chi connectivity index (χ1v) is 6.66. The van der Waals surface area contributed by atoms with Gasteiger partial charge in [0.05, 0.1) is 11.3 Å². The number of hydrogen-bond donors (Lipinski definition) is 1. The number of aromatic carboxylic acids is 1. The second-order valence-electron chi connectivity index (χ2n) is 4.88. The largest absolute Gasteiger partial charge is 0.478 e. The van der Waals surface area contributed by atoms with Crippen molar-refractivity contribution < 1.29 is 19.4 Å². The molecule has 0 aliphatic carbocycles. The Hall–Kier alpha value is -3.08. The fourth-order valence-electron chi connectivity index (χ4n) is 2.28. The van der Waals surface area contributed by atoms with Gasteiger partial charge in [-0.3, -0.25) is 4.90 Å². The summed E-state index contributed by atoms with van der Waals surface area (Å²) in [7, 11) is 1.58. The number of ether oxygens (including phenoxy) is 1. The van der Waals surface area contributed by atoms with E-state index in [0.29, 0.717) is 17.0 Å². The lowest BCUT2D eigenvalue weighted by Crippen LogP contribution is -2.31. The number of rotatable bonds is 2. The quantitative estimate of drug-likeness (QED) is 0.921. The van der Waals surface area contributed by atoms with Crippen molar-refractivity contribution in [2.24, 2.45) is 0 Å². The van der Waals surface area contributed by atoms with Crippen LogP contribution in [0, 0.1) is 0 Å². The summed E-state index contributed by atoms with van der Waals surface area (Å²) in [6.07, 6.45) is 1.22. The minimum absolute atomic E-state index is 0.143. The number of benzene rings is 2. The Labute approximate surface area is 127 Å². The standard InChI is InChI=1S/C17H13NO4/c1-18-14-8-7-12(16(19)20)10-13(14)15(22-17(18)21)9-11-5-3-2-4-6-11/h2-10H,1H3,(H,19,20)/b15-9-. The molecule has 110 valence electrons. The minimum Gasteiger partial charge on any atom is -0.478 e. The van der Waals surface area contributed by atoms with Crippen LogP contribution in [0.1, 0.15) is 21.5 Å². The molecular weight excluding hydrogens is 282 g/mol. The third kappa shape index (κ3) is 2.44. The summed E-state index contributed by atoms with van der Waals surface area (Å²) in [5.41, 5.74) is 2.19. The van der Waals surface area contributed by atoms with Gasteiger partial charge in [0, 0.05) is 12.6 Å². The van der Waals surface area contributed by atoms with Crippen LogP contribution in [0.4, 0.5) is 10.5 Å². The molecule has 5 heteroatoms. The van der Waals surface area contributed by atoms with Gasteiger partial charge in [0.15, 0.2) is 0 Å². The van der Waals surface area contributed by atoms with Gasteiger partial charge in [0.25, 0.3) is 0 Å². The summed E-state index contributed by atoms with van der Waals surface area (Å²) in [6, 6.07) is 14.0. The molecule has 0 radical (unpaired) electrons. The van der Waals surface area contributed by atoms with Crippen molar-refractivity contribution in [2.75, 3.05) is 11.9 Å². The zero-order valence-electron chi connectivity index (χ0n) is 11.8. The molecule has 1 heterocycles. The van der Waals surface area contributed by atoms with E-state index in [9.17, 15) is 9.59 Å². The molecule has 0 aromatic heterocycles. The molecule has 1 N–H and O–H groups in total. The summed E-state index contributed by atoms with van der Waals surface area (Å²) in [4.78, 5) is 24.4. The highest BCUT2D eigenvalue weighted by Gasteiger charge is 2.27. The third-order valence-corrected chi connectivity index (χ3v) is 3.44. The summed E-state index contributed by atoms with van der Waals surface area (Å²) >= 11 is 0. The fourth-order valence-corrected chi connectivity index (χ4v) is 2.28. The molecule has 0 fully saturated rings. The van der Waals surface area contributed by atoms with Crippen molar-refractivity contribution in [3.8, 4) is 0 Å². The molecule has 2 aromatic rings. The Kier molecular flexibility index (Phi) is 3.39. The Morgan fingerprint density at radius 3 is 2.59 bits per heavy atom. The Morgan fingerprint density at radius 1 is 1.18 bits per heavy atom. The van der Waals surface area contributed by atoms with Crippen LogP contribution < -0.4 is 4.90 Å². The van der Waals surface area contributed by atoms with Crippen LogP contribution in [0.15, 0.2) is 48.5 Å². The summed E-state index contributed by atoms with van der Waals surface area (Å²) in [5, 5.41) is 9.14. The second-order valence-corrected chi connectivity index (χ2v) is 4.88. The Morgan fingerprint density at radius 2 is 1.91 bits per heavy atom. The van der Waals surface area contributed by atoms with E-state index in [1.54, 1.807) is 19.2 Å². The van der Waals surface area contributed by atoms with Crippen LogP contribution in [0.2, 0.25) is 0 Å². The van der Waals surface area contributed by atoms with E-state index in [2.05, 4.69) is 0 Å². The van der Waals surface area contributed by atoms with Crippen molar-refractivity contribution in [1.29, 1.82) is 0 Å². The second kappa shape index (κ2) is 5.37. The Balaban J connectivity index is 2.16. The van der Waals surface area contributed by atoms with Gasteiger partial charge >= 0.3 is 12.1 Å².